The number of rotatable bonds is 4. The average molecular weight is 282 g/mol. The zero-order valence-corrected chi connectivity index (χ0v) is 11.2. The lowest BCUT2D eigenvalue weighted by molar-refractivity contribution is 0.448. The molecule has 0 amide bonds. The van der Waals surface area contributed by atoms with Gasteiger partial charge in [-0.15, -0.1) is 0 Å². The minimum atomic E-state index is 0.542. The summed E-state index contributed by atoms with van der Waals surface area (Å²) in [6, 6.07) is 8.60. The molecule has 2 N–H and O–H groups in total. The number of nitrogens with two attached hydrogens (primary N) is 1. The van der Waals surface area contributed by atoms with Crippen LogP contribution in [0.4, 0.5) is 0 Å². The van der Waals surface area contributed by atoms with Crippen molar-refractivity contribution in [2.75, 3.05) is 6.54 Å². The van der Waals surface area contributed by atoms with E-state index in [0.717, 1.165) is 16.9 Å². The third kappa shape index (κ3) is 3.08. The van der Waals surface area contributed by atoms with Gasteiger partial charge in [-0.2, -0.15) is 0 Å². The second-order valence-electron chi connectivity index (χ2n) is 4.87. The molecule has 1 aliphatic rings. The van der Waals surface area contributed by atoms with Crippen LogP contribution in [-0.2, 0) is 0 Å². The lowest BCUT2D eigenvalue weighted by Crippen LogP contribution is -2.15. The molecule has 0 bridgehead atoms. The monoisotopic (exact) mass is 281 g/mol. The van der Waals surface area contributed by atoms with Crippen molar-refractivity contribution in [3.63, 3.8) is 0 Å². The molecule has 88 valence electrons. The molecule has 1 fully saturated rings. The Labute approximate surface area is 107 Å². The van der Waals surface area contributed by atoms with Crippen LogP contribution in [0.1, 0.15) is 43.6 Å². The minimum absolute atomic E-state index is 0.542. The van der Waals surface area contributed by atoms with Crippen molar-refractivity contribution in [2.24, 2.45) is 11.7 Å². The second kappa shape index (κ2) is 5.83. The van der Waals surface area contributed by atoms with E-state index in [1.807, 2.05) is 0 Å². The van der Waals surface area contributed by atoms with Crippen molar-refractivity contribution in [3.8, 4) is 0 Å². The van der Waals surface area contributed by atoms with E-state index in [2.05, 4.69) is 40.2 Å². The molecule has 16 heavy (non-hydrogen) atoms. The molecule has 1 aromatic rings. The summed E-state index contributed by atoms with van der Waals surface area (Å²) in [5, 5.41) is 0. The minimum Gasteiger partial charge on any atom is -0.330 e. The number of halogens is 1. The molecule has 0 spiro atoms. The Bertz CT molecular complexity index is 331. The van der Waals surface area contributed by atoms with Gasteiger partial charge in [0.15, 0.2) is 0 Å². The van der Waals surface area contributed by atoms with Crippen LogP contribution < -0.4 is 5.73 Å². The fourth-order valence-electron chi connectivity index (χ4n) is 2.78. The van der Waals surface area contributed by atoms with Crippen LogP contribution in [0.2, 0.25) is 0 Å². The summed E-state index contributed by atoms with van der Waals surface area (Å²) in [6.45, 7) is 0.771. The average Bonchev–Trinajstić information content (AvgIpc) is 2.78. The van der Waals surface area contributed by atoms with Crippen LogP contribution in [0.15, 0.2) is 28.7 Å². The van der Waals surface area contributed by atoms with Gasteiger partial charge in [0.2, 0.25) is 0 Å². The maximum absolute atomic E-state index is 5.92. The van der Waals surface area contributed by atoms with E-state index in [9.17, 15) is 0 Å². The van der Waals surface area contributed by atoms with E-state index in [1.54, 1.807) is 0 Å². The maximum Gasteiger partial charge on any atom is 0.0178 e. The van der Waals surface area contributed by atoms with E-state index < -0.39 is 0 Å². The molecule has 2 rings (SSSR count). The second-order valence-corrected chi connectivity index (χ2v) is 5.79. The van der Waals surface area contributed by atoms with Crippen molar-refractivity contribution in [2.45, 2.75) is 38.0 Å². The summed E-state index contributed by atoms with van der Waals surface area (Å²) >= 11 is 3.53. The fraction of sp³-hybridized carbons (Fsp3) is 0.571. The van der Waals surface area contributed by atoms with Crippen LogP contribution in [0.25, 0.3) is 0 Å². The Morgan fingerprint density at radius 3 is 2.69 bits per heavy atom. The smallest absolute Gasteiger partial charge is 0.0178 e. The van der Waals surface area contributed by atoms with Crippen molar-refractivity contribution in [1.82, 2.24) is 0 Å². The lowest BCUT2D eigenvalue weighted by atomic mass is 9.88. The Morgan fingerprint density at radius 1 is 1.31 bits per heavy atom. The van der Waals surface area contributed by atoms with E-state index >= 15 is 0 Å². The predicted molar refractivity (Wildman–Crippen MR) is 72.5 cm³/mol. The summed E-state index contributed by atoms with van der Waals surface area (Å²) in [4.78, 5) is 0. The van der Waals surface area contributed by atoms with E-state index in [-0.39, 0.29) is 0 Å². The molecule has 1 aliphatic carbocycles. The predicted octanol–water partition coefficient (Wildman–Crippen LogP) is 4.07. The van der Waals surface area contributed by atoms with Crippen LogP contribution in [0, 0.1) is 5.92 Å². The Hall–Kier alpha value is -0.340. The number of hydrogen-bond donors (Lipinski definition) is 1. The van der Waals surface area contributed by atoms with Crippen LogP contribution in [0.3, 0.4) is 0 Å². The fourth-order valence-corrected chi connectivity index (χ4v) is 3.19. The number of benzene rings is 1. The van der Waals surface area contributed by atoms with Crippen molar-refractivity contribution in [3.05, 3.63) is 34.3 Å². The lowest BCUT2D eigenvalue weighted by Gasteiger charge is -2.19. The largest absolute Gasteiger partial charge is 0.330 e. The highest BCUT2D eigenvalue weighted by molar-refractivity contribution is 9.10. The van der Waals surface area contributed by atoms with Crippen molar-refractivity contribution >= 4 is 15.9 Å². The molecule has 1 atom stereocenters. The van der Waals surface area contributed by atoms with E-state index in [1.165, 1.54) is 37.7 Å². The molecule has 1 aromatic carbocycles. The molecule has 1 nitrogen and oxygen atoms in total. The van der Waals surface area contributed by atoms with Gasteiger partial charge in [-0.1, -0.05) is 53.7 Å². The molecule has 0 radical (unpaired) electrons. The first-order valence-electron chi connectivity index (χ1n) is 6.25. The zero-order valence-electron chi connectivity index (χ0n) is 9.66. The van der Waals surface area contributed by atoms with E-state index in [0.29, 0.717) is 5.92 Å². The summed E-state index contributed by atoms with van der Waals surface area (Å²) in [6.07, 6.45) is 6.92. The summed E-state index contributed by atoms with van der Waals surface area (Å²) in [5.41, 5.74) is 7.31. The quantitative estimate of drug-likeness (QED) is 0.885. The van der Waals surface area contributed by atoms with Crippen LogP contribution in [0.5, 0.6) is 0 Å². The van der Waals surface area contributed by atoms with Gasteiger partial charge in [0.1, 0.15) is 0 Å². The summed E-state index contributed by atoms with van der Waals surface area (Å²) in [5.74, 6) is 1.45. The third-order valence-electron chi connectivity index (χ3n) is 3.70. The zero-order chi connectivity index (χ0) is 11.4. The molecule has 0 aromatic heterocycles. The van der Waals surface area contributed by atoms with Gasteiger partial charge in [0.05, 0.1) is 0 Å². The summed E-state index contributed by atoms with van der Waals surface area (Å²) in [7, 11) is 0. The van der Waals surface area contributed by atoms with Gasteiger partial charge >= 0.3 is 0 Å². The molecule has 1 saturated carbocycles. The van der Waals surface area contributed by atoms with Crippen LogP contribution in [-0.4, -0.2) is 6.54 Å². The maximum atomic E-state index is 5.92. The van der Waals surface area contributed by atoms with Crippen LogP contribution >= 0.6 is 15.9 Å². The summed E-state index contributed by atoms with van der Waals surface area (Å²) < 4.78 is 1.16. The highest BCUT2D eigenvalue weighted by atomic mass is 79.9. The topological polar surface area (TPSA) is 26.0 Å². The van der Waals surface area contributed by atoms with Gasteiger partial charge in [-0.05, 0) is 42.5 Å². The van der Waals surface area contributed by atoms with Gasteiger partial charge in [-0.3, -0.25) is 0 Å². The molecule has 0 saturated heterocycles. The molecular formula is C14H20BrN. The molecule has 2 heteroatoms. The third-order valence-corrected chi connectivity index (χ3v) is 4.19. The molecule has 0 heterocycles. The molecular weight excluding hydrogens is 262 g/mol. The standard InChI is InChI=1S/C14H20BrN/c15-14-7-3-6-12(9-14)13(10-16)8-11-4-1-2-5-11/h3,6-7,9,11,13H,1-2,4-5,8,10,16H2. The number of hydrogen-bond acceptors (Lipinski definition) is 1. The highest BCUT2D eigenvalue weighted by Gasteiger charge is 2.20. The van der Waals surface area contributed by atoms with Crippen molar-refractivity contribution in [1.29, 1.82) is 0 Å². The van der Waals surface area contributed by atoms with Gasteiger partial charge < -0.3 is 5.73 Å². The van der Waals surface area contributed by atoms with E-state index in [4.69, 9.17) is 5.73 Å². The Kier molecular flexibility index (Phi) is 4.42. The Morgan fingerprint density at radius 2 is 2.06 bits per heavy atom. The SMILES string of the molecule is NCC(CC1CCCC1)c1cccc(Br)c1. The van der Waals surface area contributed by atoms with Gasteiger partial charge in [-0.25, -0.2) is 0 Å². The first-order valence-corrected chi connectivity index (χ1v) is 7.04. The Balaban J connectivity index is 2.03. The highest BCUT2D eigenvalue weighted by Crippen LogP contribution is 2.34. The molecule has 1 unspecified atom stereocenters. The van der Waals surface area contributed by atoms with Gasteiger partial charge in [0.25, 0.3) is 0 Å². The first-order chi connectivity index (χ1) is 7.79. The first kappa shape index (κ1) is 12.1. The van der Waals surface area contributed by atoms with Crippen molar-refractivity contribution < 1.29 is 0 Å². The van der Waals surface area contributed by atoms with Gasteiger partial charge in [0, 0.05) is 4.47 Å². The normalized spacial score (nSPS) is 18.9. The molecule has 0 aliphatic heterocycles.